The van der Waals surface area contributed by atoms with E-state index in [1.54, 1.807) is 0 Å². The molecule has 2 aromatic rings. The summed E-state index contributed by atoms with van der Waals surface area (Å²) in [6.45, 7) is 2.88. The van der Waals surface area contributed by atoms with Gasteiger partial charge in [-0.1, -0.05) is 60.7 Å². The highest BCUT2D eigenvalue weighted by Gasteiger charge is 2.30. The first-order valence-corrected chi connectivity index (χ1v) is 9.50. The summed E-state index contributed by atoms with van der Waals surface area (Å²) in [5.41, 5.74) is 7.61. The molecule has 1 heterocycles. The van der Waals surface area contributed by atoms with Crippen molar-refractivity contribution in [1.29, 1.82) is 0 Å². The van der Waals surface area contributed by atoms with E-state index < -0.39 is 0 Å². The number of ether oxygens (including phenoxy) is 1. The highest BCUT2D eigenvalue weighted by atomic mass is 35.5. The van der Waals surface area contributed by atoms with Crippen molar-refractivity contribution in [2.24, 2.45) is 5.73 Å². The van der Waals surface area contributed by atoms with Crippen molar-refractivity contribution in [3.05, 3.63) is 71.8 Å². The van der Waals surface area contributed by atoms with Gasteiger partial charge in [-0.05, 0) is 36.9 Å². The minimum absolute atomic E-state index is 0. The number of amides is 1. The summed E-state index contributed by atoms with van der Waals surface area (Å²) in [6.07, 6.45) is 2.93. The van der Waals surface area contributed by atoms with Gasteiger partial charge in [0.05, 0.1) is 12.0 Å². The van der Waals surface area contributed by atoms with Crippen molar-refractivity contribution in [3.63, 3.8) is 0 Å². The van der Waals surface area contributed by atoms with Crippen LogP contribution in [0.25, 0.3) is 0 Å². The molecule has 0 bridgehead atoms. The van der Waals surface area contributed by atoms with Crippen molar-refractivity contribution in [1.82, 2.24) is 4.90 Å². The van der Waals surface area contributed by atoms with E-state index in [2.05, 4.69) is 0 Å². The molecule has 3 rings (SSSR count). The fraction of sp³-hybridized carbons (Fsp3) is 0.409. The van der Waals surface area contributed by atoms with Crippen LogP contribution in [0.2, 0.25) is 0 Å². The Hall–Kier alpha value is -1.88. The summed E-state index contributed by atoms with van der Waals surface area (Å²) in [6, 6.07) is 20.1. The summed E-state index contributed by atoms with van der Waals surface area (Å²) in [5.74, 6) is -0.0603. The van der Waals surface area contributed by atoms with E-state index in [1.807, 2.05) is 65.6 Å². The van der Waals surface area contributed by atoms with E-state index in [-0.39, 0.29) is 30.3 Å². The maximum Gasteiger partial charge on any atom is 0.234 e. The van der Waals surface area contributed by atoms with E-state index in [4.69, 9.17) is 10.5 Å². The van der Waals surface area contributed by atoms with Gasteiger partial charge in [0.15, 0.2) is 0 Å². The first-order valence-electron chi connectivity index (χ1n) is 9.50. The van der Waals surface area contributed by atoms with E-state index in [9.17, 15) is 4.79 Å². The fourth-order valence-corrected chi connectivity index (χ4v) is 3.53. The van der Waals surface area contributed by atoms with Crippen molar-refractivity contribution in [2.75, 3.05) is 26.2 Å². The Morgan fingerprint density at radius 2 is 1.52 bits per heavy atom. The number of rotatable bonds is 7. The molecule has 0 atom stereocenters. The normalized spacial score (nSPS) is 14.8. The fourth-order valence-electron chi connectivity index (χ4n) is 3.53. The third kappa shape index (κ3) is 5.80. The summed E-state index contributed by atoms with van der Waals surface area (Å²) in [5, 5.41) is 0. The molecule has 1 amide bonds. The number of hydrogen-bond acceptors (Lipinski definition) is 3. The first kappa shape index (κ1) is 21.4. The number of halogens is 1. The van der Waals surface area contributed by atoms with Gasteiger partial charge in [-0.25, -0.2) is 0 Å². The molecule has 5 heteroatoms. The summed E-state index contributed by atoms with van der Waals surface area (Å²) in [7, 11) is 0. The molecule has 146 valence electrons. The zero-order chi connectivity index (χ0) is 18.2. The Balaban J connectivity index is 0.00000261. The number of carbonyl (C=O) groups excluding carboxylic acids is 1. The maximum atomic E-state index is 13.3. The third-order valence-corrected chi connectivity index (χ3v) is 4.97. The van der Waals surface area contributed by atoms with Gasteiger partial charge in [-0.3, -0.25) is 4.79 Å². The minimum atomic E-state index is -0.243. The molecule has 0 radical (unpaired) electrons. The van der Waals surface area contributed by atoms with E-state index in [1.165, 1.54) is 0 Å². The molecule has 1 aliphatic heterocycles. The van der Waals surface area contributed by atoms with E-state index >= 15 is 0 Å². The number of hydrogen-bond donors (Lipinski definition) is 1. The van der Waals surface area contributed by atoms with Crippen molar-refractivity contribution in [3.8, 4) is 0 Å². The lowest BCUT2D eigenvalue weighted by Crippen LogP contribution is -2.43. The monoisotopic (exact) mass is 388 g/mol. The minimum Gasteiger partial charge on any atom is -0.378 e. The molecule has 1 fully saturated rings. The lowest BCUT2D eigenvalue weighted by Gasteiger charge is -2.34. The van der Waals surface area contributed by atoms with Gasteiger partial charge >= 0.3 is 0 Å². The predicted molar refractivity (Wildman–Crippen MR) is 111 cm³/mol. The average molecular weight is 389 g/mol. The van der Waals surface area contributed by atoms with Gasteiger partial charge < -0.3 is 15.4 Å². The van der Waals surface area contributed by atoms with Gasteiger partial charge in [-0.15, -0.1) is 12.4 Å². The van der Waals surface area contributed by atoms with E-state index in [0.717, 1.165) is 43.5 Å². The highest BCUT2D eigenvalue weighted by Crippen LogP contribution is 2.28. The van der Waals surface area contributed by atoms with Crippen molar-refractivity contribution < 1.29 is 9.53 Å². The Morgan fingerprint density at radius 3 is 2.00 bits per heavy atom. The SMILES string of the molecule is Cl.NCCCOC1CCN(C(=O)C(c2ccccc2)c2ccccc2)CC1. The molecule has 4 nitrogen and oxygen atoms in total. The molecule has 27 heavy (non-hydrogen) atoms. The van der Waals surface area contributed by atoms with Crippen LogP contribution < -0.4 is 5.73 Å². The molecular formula is C22H29ClN2O2. The van der Waals surface area contributed by atoms with Crippen LogP contribution >= 0.6 is 12.4 Å². The van der Waals surface area contributed by atoms with Crippen LogP contribution in [-0.2, 0) is 9.53 Å². The third-order valence-electron chi connectivity index (χ3n) is 4.97. The van der Waals surface area contributed by atoms with Crippen LogP contribution in [0.4, 0.5) is 0 Å². The molecule has 0 spiro atoms. The average Bonchev–Trinajstić information content (AvgIpc) is 2.70. The topological polar surface area (TPSA) is 55.6 Å². The van der Waals surface area contributed by atoms with Gasteiger partial charge in [0.1, 0.15) is 0 Å². The summed E-state index contributed by atoms with van der Waals surface area (Å²) < 4.78 is 5.86. The second-order valence-corrected chi connectivity index (χ2v) is 6.79. The predicted octanol–water partition coefficient (Wildman–Crippen LogP) is 3.60. The second-order valence-electron chi connectivity index (χ2n) is 6.79. The van der Waals surface area contributed by atoms with Crippen molar-refractivity contribution in [2.45, 2.75) is 31.3 Å². The smallest absolute Gasteiger partial charge is 0.234 e. The van der Waals surface area contributed by atoms with Crippen LogP contribution in [0, 0.1) is 0 Å². The molecule has 1 saturated heterocycles. The first-order chi connectivity index (χ1) is 12.8. The number of nitrogens with zero attached hydrogens (tertiary/aromatic N) is 1. The molecule has 2 aromatic carbocycles. The van der Waals surface area contributed by atoms with Crippen LogP contribution in [0.3, 0.4) is 0 Å². The van der Waals surface area contributed by atoms with Crippen LogP contribution in [0.15, 0.2) is 60.7 Å². The zero-order valence-corrected chi connectivity index (χ0v) is 16.4. The lowest BCUT2D eigenvalue weighted by molar-refractivity contribution is -0.134. The Labute approximate surface area is 168 Å². The molecular weight excluding hydrogens is 360 g/mol. The number of carbonyl (C=O) groups is 1. The van der Waals surface area contributed by atoms with Gasteiger partial charge in [0, 0.05) is 19.7 Å². The largest absolute Gasteiger partial charge is 0.378 e. The molecule has 1 aliphatic rings. The van der Waals surface area contributed by atoms with Crippen LogP contribution in [0.1, 0.15) is 36.3 Å². The Morgan fingerprint density at radius 1 is 1.00 bits per heavy atom. The maximum absolute atomic E-state index is 13.3. The molecule has 0 unspecified atom stereocenters. The standard InChI is InChI=1S/C22H28N2O2.ClH/c23-14-7-17-26-20-12-15-24(16-13-20)22(25)21(18-8-3-1-4-9-18)19-10-5-2-6-11-19;/h1-6,8-11,20-21H,7,12-17,23H2;1H. The molecule has 0 aliphatic carbocycles. The quantitative estimate of drug-likeness (QED) is 0.737. The Bertz CT molecular complexity index is 634. The molecule has 0 saturated carbocycles. The van der Waals surface area contributed by atoms with Crippen LogP contribution in [-0.4, -0.2) is 43.2 Å². The molecule has 2 N–H and O–H groups in total. The van der Waals surface area contributed by atoms with E-state index in [0.29, 0.717) is 13.2 Å². The number of piperidine rings is 1. The lowest BCUT2D eigenvalue weighted by atomic mass is 9.89. The number of benzene rings is 2. The zero-order valence-electron chi connectivity index (χ0n) is 15.6. The number of likely N-dealkylation sites (tertiary alicyclic amines) is 1. The van der Waals surface area contributed by atoms with Gasteiger partial charge in [0.2, 0.25) is 5.91 Å². The molecule has 0 aromatic heterocycles. The van der Waals surface area contributed by atoms with Crippen LogP contribution in [0.5, 0.6) is 0 Å². The summed E-state index contributed by atoms with van der Waals surface area (Å²) >= 11 is 0. The van der Waals surface area contributed by atoms with Gasteiger partial charge in [-0.2, -0.15) is 0 Å². The van der Waals surface area contributed by atoms with Gasteiger partial charge in [0.25, 0.3) is 0 Å². The summed E-state index contributed by atoms with van der Waals surface area (Å²) in [4.78, 5) is 15.3. The number of nitrogens with two attached hydrogens (primary N) is 1. The second kappa shape index (κ2) is 11.1. The Kier molecular flexibility index (Phi) is 8.79. The highest BCUT2D eigenvalue weighted by molar-refractivity contribution is 5.87. The van der Waals surface area contributed by atoms with Crippen molar-refractivity contribution >= 4 is 18.3 Å².